The number of ether oxygens (including phenoxy) is 1. The topological polar surface area (TPSA) is 68.3 Å². The Balaban J connectivity index is 2.74. The molecule has 18 heavy (non-hydrogen) atoms. The molecule has 0 aliphatic carbocycles. The maximum atomic E-state index is 11.7. The summed E-state index contributed by atoms with van der Waals surface area (Å²) in [6, 6.07) is 0. The van der Waals surface area contributed by atoms with Crippen LogP contribution in [0.5, 0.6) is 0 Å². The summed E-state index contributed by atoms with van der Waals surface area (Å²) in [7, 11) is 0. The molecule has 1 amide bonds. The minimum absolute atomic E-state index is 0.0367. The molecule has 1 heterocycles. The van der Waals surface area contributed by atoms with Gasteiger partial charge in [-0.15, -0.1) is 0 Å². The number of hydrogen-bond acceptors (Lipinski definition) is 4. The summed E-state index contributed by atoms with van der Waals surface area (Å²) in [5, 5.41) is 2.42. The molecule has 0 bridgehead atoms. The number of nitrogens with zero attached hydrogens (tertiary/aromatic N) is 1. The molecule has 0 saturated carbocycles. The number of esters is 1. The largest absolute Gasteiger partial charge is 0.465 e. The fourth-order valence-corrected chi connectivity index (χ4v) is 1.62. The van der Waals surface area contributed by atoms with Crippen LogP contribution >= 0.6 is 34.8 Å². The van der Waals surface area contributed by atoms with Gasteiger partial charge in [0.15, 0.2) is 0 Å². The second-order valence-corrected chi connectivity index (χ2v) is 4.23. The molecule has 0 aliphatic heterocycles. The molecular weight excluding hydrogens is 302 g/mol. The summed E-state index contributed by atoms with van der Waals surface area (Å²) in [6.45, 7) is 1.63. The number of carbonyl (C=O) groups is 2. The van der Waals surface area contributed by atoms with Crippen LogP contribution in [0.15, 0.2) is 6.20 Å². The van der Waals surface area contributed by atoms with E-state index >= 15 is 0 Å². The lowest BCUT2D eigenvalue weighted by Crippen LogP contribution is -2.31. The van der Waals surface area contributed by atoms with Gasteiger partial charge < -0.3 is 10.1 Å². The maximum Gasteiger partial charge on any atom is 0.325 e. The molecule has 0 fully saturated rings. The number of pyridine rings is 1. The molecule has 1 N–H and O–H groups in total. The van der Waals surface area contributed by atoms with Crippen LogP contribution in [0.1, 0.15) is 17.4 Å². The van der Waals surface area contributed by atoms with E-state index in [2.05, 4.69) is 15.0 Å². The van der Waals surface area contributed by atoms with Crippen LogP contribution in [0.4, 0.5) is 0 Å². The van der Waals surface area contributed by atoms with Crippen LogP contribution in [-0.2, 0) is 9.53 Å². The first-order valence-electron chi connectivity index (χ1n) is 4.90. The second kappa shape index (κ2) is 6.78. The summed E-state index contributed by atoms with van der Waals surface area (Å²) >= 11 is 17.3. The lowest BCUT2D eigenvalue weighted by Gasteiger charge is -2.07. The Morgan fingerprint density at radius 3 is 2.61 bits per heavy atom. The Morgan fingerprint density at radius 1 is 1.33 bits per heavy atom. The summed E-state index contributed by atoms with van der Waals surface area (Å²) in [4.78, 5) is 26.5. The molecule has 1 aromatic heterocycles. The van der Waals surface area contributed by atoms with Gasteiger partial charge in [-0.05, 0) is 6.92 Å². The van der Waals surface area contributed by atoms with Gasteiger partial charge in [0.1, 0.15) is 12.2 Å². The second-order valence-electron chi connectivity index (χ2n) is 3.07. The molecule has 1 rings (SSSR count). The number of aromatic nitrogens is 1. The van der Waals surface area contributed by atoms with E-state index in [0.29, 0.717) is 0 Å². The molecule has 0 atom stereocenters. The Labute approximate surface area is 118 Å². The fourth-order valence-electron chi connectivity index (χ4n) is 1.05. The lowest BCUT2D eigenvalue weighted by atomic mass is 10.3. The zero-order valence-electron chi connectivity index (χ0n) is 9.30. The Kier molecular flexibility index (Phi) is 5.65. The predicted octanol–water partition coefficient (Wildman–Crippen LogP) is 2.33. The minimum atomic E-state index is -0.633. The quantitative estimate of drug-likeness (QED) is 0.867. The fraction of sp³-hybridized carbons (Fsp3) is 0.300. The van der Waals surface area contributed by atoms with E-state index in [1.165, 1.54) is 6.20 Å². The van der Waals surface area contributed by atoms with Gasteiger partial charge >= 0.3 is 5.97 Å². The molecule has 0 aromatic carbocycles. The van der Waals surface area contributed by atoms with Gasteiger partial charge in [-0.2, -0.15) is 0 Å². The highest BCUT2D eigenvalue weighted by molar-refractivity contribution is 6.48. The van der Waals surface area contributed by atoms with Crippen LogP contribution in [0.3, 0.4) is 0 Å². The number of hydrogen-bond donors (Lipinski definition) is 1. The van der Waals surface area contributed by atoms with Crippen molar-refractivity contribution in [3.05, 3.63) is 27.0 Å². The van der Waals surface area contributed by atoms with E-state index in [0.717, 1.165) is 0 Å². The average Bonchev–Trinajstić information content (AvgIpc) is 2.34. The van der Waals surface area contributed by atoms with E-state index in [9.17, 15) is 9.59 Å². The first-order chi connectivity index (χ1) is 8.47. The van der Waals surface area contributed by atoms with E-state index in [-0.39, 0.29) is 33.9 Å². The van der Waals surface area contributed by atoms with Gasteiger partial charge in [-0.1, -0.05) is 34.8 Å². The molecular formula is C10H9Cl3N2O3. The van der Waals surface area contributed by atoms with Gasteiger partial charge in [0.2, 0.25) is 0 Å². The predicted molar refractivity (Wildman–Crippen MR) is 68.2 cm³/mol. The van der Waals surface area contributed by atoms with Crippen molar-refractivity contribution in [2.75, 3.05) is 13.2 Å². The summed E-state index contributed by atoms with van der Waals surface area (Å²) in [6.07, 6.45) is 1.20. The molecule has 8 heteroatoms. The van der Waals surface area contributed by atoms with Crippen LogP contribution in [-0.4, -0.2) is 30.0 Å². The normalized spacial score (nSPS) is 10.0. The van der Waals surface area contributed by atoms with Crippen LogP contribution in [0.2, 0.25) is 15.1 Å². The van der Waals surface area contributed by atoms with Gasteiger partial charge in [-0.25, -0.2) is 4.98 Å². The first kappa shape index (κ1) is 15.0. The van der Waals surface area contributed by atoms with Gasteiger partial charge in [-0.3, -0.25) is 9.59 Å². The first-order valence-corrected chi connectivity index (χ1v) is 6.04. The number of amides is 1. The Hall–Kier alpha value is -1.04. The highest BCUT2D eigenvalue weighted by Crippen LogP contribution is 2.30. The average molecular weight is 312 g/mol. The number of halogens is 3. The molecule has 0 aliphatic rings. The standard InChI is InChI=1S/C10H9Cl3N2O3/c1-2-18-6(16)4-15-10(17)9-8(13)7(12)5(11)3-14-9/h3H,2,4H2,1H3,(H,15,17). The minimum Gasteiger partial charge on any atom is -0.465 e. The maximum absolute atomic E-state index is 11.7. The van der Waals surface area contributed by atoms with E-state index < -0.39 is 11.9 Å². The van der Waals surface area contributed by atoms with Crippen molar-refractivity contribution in [2.24, 2.45) is 0 Å². The van der Waals surface area contributed by atoms with Gasteiger partial charge in [0.05, 0.1) is 21.7 Å². The molecule has 1 aromatic rings. The summed E-state index contributed by atoms with van der Waals surface area (Å²) in [5.41, 5.74) is -0.102. The van der Waals surface area contributed by atoms with Crippen molar-refractivity contribution >= 4 is 46.7 Å². The molecule has 0 radical (unpaired) electrons. The van der Waals surface area contributed by atoms with Crippen LogP contribution < -0.4 is 5.32 Å². The van der Waals surface area contributed by atoms with Gasteiger partial charge in [0, 0.05) is 6.20 Å². The highest BCUT2D eigenvalue weighted by Gasteiger charge is 2.17. The Morgan fingerprint density at radius 2 is 2.00 bits per heavy atom. The number of nitrogens with one attached hydrogen (secondary N) is 1. The number of rotatable bonds is 4. The van der Waals surface area contributed by atoms with Crippen molar-refractivity contribution in [2.45, 2.75) is 6.92 Å². The summed E-state index contributed by atoms with van der Waals surface area (Å²) in [5.74, 6) is -1.19. The molecule has 0 unspecified atom stereocenters. The monoisotopic (exact) mass is 310 g/mol. The van der Waals surface area contributed by atoms with Crippen molar-refractivity contribution in [1.29, 1.82) is 0 Å². The number of carbonyl (C=O) groups excluding carboxylic acids is 2. The van der Waals surface area contributed by atoms with Crippen molar-refractivity contribution in [1.82, 2.24) is 10.3 Å². The third kappa shape index (κ3) is 3.73. The van der Waals surface area contributed by atoms with E-state index in [1.807, 2.05) is 0 Å². The zero-order valence-corrected chi connectivity index (χ0v) is 11.6. The molecule has 5 nitrogen and oxygen atoms in total. The summed E-state index contributed by atoms with van der Waals surface area (Å²) < 4.78 is 4.65. The SMILES string of the molecule is CCOC(=O)CNC(=O)c1ncc(Cl)c(Cl)c1Cl. The molecule has 0 spiro atoms. The zero-order chi connectivity index (χ0) is 13.7. The van der Waals surface area contributed by atoms with Gasteiger partial charge in [0.25, 0.3) is 5.91 Å². The van der Waals surface area contributed by atoms with E-state index in [1.54, 1.807) is 6.92 Å². The third-order valence-electron chi connectivity index (χ3n) is 1.83. The third-order valence-corrected chi connectivity index (χ3v) is 3.07. The van der Waals surface area contributed by atoms with Crippen molar-refractivity contribution in [3.8, 4) is 0 Å². The smallest absolute Gasteiger partial charge is 0.325 e. The lowest BCUT2D eigenvalue weighted by molar-refractivity contribution is -0.141. The molecule has 98 valence electrons. The van der Waals surface area contributed by atoms with E-state index in [4.69, 9.17) is 34.8 Å². The highest BCUT2D eigenvalue weighted by atomic mass is 35.5. The van der Waals surface area contributed by atoms with Crippen molar-refractivity contribution < 1.29 is 14.3 Å². The van der Waals surface area contributed by atoms with Crippen LogP contribution in [0.25, 0.3) is 0 Å². The van der Waals surface area contributed by atoms with Crippen LogP contribution in [0, 0.1) is 0 Å². The molecule has 0 saturated heterocycles. The van der Waals surface area contributed by atoms with Crippen molar-refractivity contribution in [3.63, 3.8) is 0 Å². The Bertz CT molecular complexity index is 480.